The summed E-state index contributed by atoms with van der Waals surface area (Å²) in [6.45, 7) is 18.8. The van der Waals surface area contributed by atoms with E-state index in [9.17, 15) is 23.1 Å². The number of nitrogens with zero attached hydrogens (tertiary/aromatic N) is 3. The number of hydrogen-bond acceptors (Lipinski definition) is 5. The molecule has 0 saturated heterocycles. The van der Waals surface area contributed by atoms with E-state index < -0.39 is 17.0 Å². The summed E-state index contributed by atoms with van der Waals surface area (Å²) in [5, 5.41) is 11.9. The number of allylic oxidation sites excluding steroid dienone is 3. The topological polar surface area (TPSA) is 76.0 Å². The number of pyridine rings is 1. The SMILES string of the molecule is CCC(CC)C(=O)/C=C(\O)C(CC)CC.[2H]C1=C(c2ncc(CC(C)(C)C(F)(F)F)cn2)C(C)(C)c2c1ccnc2-c1[c-]c2ccccc2c(C(C)C)c1.[Ir]. The Morgan fingerprint density at radius 1 is 0.963 bits per heavy atom. The zero-order valence-corrected chi connectivity index (χ0v) is 35.6. The second-order valence-corrected chi connectivity index (χ2v) is 15.5. The molecule has 0 saturated carbocycles. The van der Waals surface area contributed by atoms with Gasteiger partial charge in [-0.3, -0.25) is 9.78 Å². The maximum absolute atomic E-state index is 13.4. The predicted octanol–water partition coefficient (Wildman–Crippen LogP) is 12.4. The van der Waals surface area contributed by atoms with Gasteiger partial charge >= 0.3 is 6.18 Å². The van der Waals surface area contributed by atoms with Crippen LogP contribution in [0.1, 0.15) is 130 Å². The molecule has 1 aliphatic carbocycles. The summed E-state index contributed by atoms with van der Waals surface area (Å²) in [5.41, 5.74) is 2.93. The number of aliphatic hydroxyl groups is 1. The Kier molecular flexibility index (Phi) is 14.6. The molecule has 0 bridgehead atoms. The quantitative estimate of drug-likeness (QED) is 0.0870. The standard InChI is InChI=1S/C32H31F3N3.C13H24O2.Ir/c1-19(2)25-14-23(13-21-9-7-8-10-24(21)25)28-27-22(11-12-36-28)15-26(31(27,5)6)29-37-17-20(18-38-29)16-30(3,4)32(33,34)35;1-5-10(6-2)12(14)9-13(15)11(7-3)8-4;/h7-12,14-15,17-19H,16H2,1-6H3;9-11,14H,5-8H2,1-4H3;/q-1;;/b;12-9-;/i15D;;. The molecule has 0 atom stereocenters. The van der Waals surface area contributed by atoms with Crippen LogP contribution >= 0.6 is 0 Å². The second kappa shape index (κ2) is 18.3. The van der Waals surface area contributed by atoms with Gasteiger partial charge in [-0.15, -0.1) is 29.1 Å². The van der Waals surface area contributed by atoms with Crippen LogP contribution in [0.4, 0.5) is 13.2 Å². The Morgan fingerprint density at radius 3 is 2.11 bits per heavy atom. The Bertz CT molecular complexity index is 2010. The van der Waals surface area contributed by atoms with Crippen LogP contribution < -0.4 is 0 Å². The van der Waals surface area contributed by atoms with Crippen LogP contribution in [0.15, 0.2) is 66.8 Å². The van der Waals surface area contributed by atoms with Gasteiger partial charge in [0, 0.05) is 73.3 Å². The Labute approximate surface area is 334 Å². The van der Waals surface area contributed by atoms with E-state index in [2.05, 4.69) is 42.0 Å². The average molecular weight is 920 g/mol. The van der Waals surface area contributed by atoms with Gasteiger partial charge in [-0.05, 0) is 66.8 Å². The number of rotatable bonds is 12. The van der Waals surface area contributed by atoms with Crippen molar-refractivity contribution in [3.63, 3.8) is 0 Å². The smallest absolute Gasteiger partial charge is 0.394 e. The van der Waals surface area contributed by atoms with Gasteiger partial charge in [0.25, 0.3) is 0 Å². The molecule has 0 unspecified atom stereocenters. The van der Waals surface area contributed by atoms with E-state index in [0.717, 1.165) is 58.8 Å². The number of ketones is 1. The monoisotopic (exact) mass is 920 g/mol. The van der Waals surface area contributed by atoms with Crippen molar-refractivity contribution in [2.45, 2.75) is 119 Å². The van der Waals surface area contributed by atoms with E-state index in [1.807, 2.05) is 65.8 Å². The van der Waals surface area contributed by atoms with Gasteiger partial charge in [-0.25, -0.2) is 9.97 Å². The molecule has 0 fully saturated rings. The number of aromatic nitrogens is 3. The van der Waals surface area contributed by atoms with Gasteiger partial charge in [0.05, 0.1) is 12.5 Å². The summed E-state index contributed by atoms with van der Waals surface area (Å²) in [4.78, 5) is 25.4. The van der Waals surface area contributed by atoms with E-state index in [4.69, 9.17) is 6.35 Å². The van der Waals surface area contributed by atoms with Gasteiger partial charge in [0.15, 0.2) is 11.6 Å². The van der Waals surface area contributed by atoms with Crippen molar-refractivity contribution >= 4 is 28.2 Å². The minimum Gasteiger partial charge on any atom is -0.512 e. The van der Waals surface area contributed by atoms with Crippen molar-refractivity contribution in [3.8, 4) is 11.3 Å². The number of aliphatic hydroxyl groups excluding tert-OH is 1. The summed E-state index contributed by atoms with van der Waals surface area (Å²) >= 11 is 0. The van der Waals surface area contributed by atoms with Crippen LogP contribution in [0.5, 0.6) is 0 Å². The van der Waals surface area contributed by atoms with Crippen LogP contribution in [0.2, 0.25) is 0 Å². The molecule has 2 heterocycles. The number of alkyl halides is 3. The summed E-state index contributed by atoms with van der Waals surface area (Å²) < 4.78 is 49.3. The molecule has 5 nitrogen and oxygen atoms in total. The van der Waals surface area contributed by atoms with Gasteiger partial charge < -0.3 is 5.11 Å². The fourth-order valence-corrected chi connectivity index (χ4v) is 6.98. The van der Waals surface area contributed by atoms with Crippen LogP contribution in [0.3, 0.4) is 0 Å². The Morgan fingerprint density at radius 2 is 1.56 bits per heavy atom. The van der Waals surface area contributed by atoms with Gasteiger partial charge in [0.2, 0.25) is 0 Å². The van der Waals surface area contributed by atoms with Crippen molar-refractivity contribution < 1.29 is 44.5 Å². The molecular weight excluding hydrogens is 864 g/mol. The minimum atomic E-state index is -4.34. The van der Waals surface area contributed by atoms with E-state index in [0.29, 0.717) is 28.9 Å². The number of carbonyl (C=O) groups is 1. The summed E-state index contributed by atoms with van der Waals surface area (Å²) in [6, 6.07) is 16.0. The molecule has 1 N–H and O–H groups in total. The van der Waals surface area contributed by atoms with Crippen molar-refractivity contribution in [3.05, 3.63) is 101 Å². The first-order valence-corrected chi connectivity index (χ1v) is 18.8. The first kappa shape index (κ1) is 43.1. The van der Waals surface area contributed by atoms with Crippen LogP contribution in [-0.2, 0) is 36.7 Å². The number of carbonyl (C=O) groups excluding carboxylic acids is 1. The van der Waals surface area contributed by atoms with Crippen molar-refractivity contribution in [2.75, 3.05) is 0 Å². The molecule has 293 valence electrons. The first-order valence-electron chi connectivity index (χ1n) is 19.3. The van der Waals surface area contributed by atoms with Gasteiger partial charge in [-0.1, -0.05) is 98.4 Å². The van der Waals surface area contributed by atoms with Gasteiger partial charge in [-0.2, -0.15) is 13.2 Å². The fourth-order valence-electron chi connectivity index (χ4n) is 6.98. The molecule has 2 aromatic heterocycles. The molecule has 1 radical (unpaired) electrons. The van der Waals surface area contributed by atoms with Crippen LogP contribution in [-0.4, -0.2) is 32.0 Å². The number of fused-ring (bicyclic) bond motifs is 2. The first-order chi connectivity index (χ1) is 25.3. The van der Waals surface area contributed by atoms with E-state index in [-0.39, 0.29) is 49.9 Å². The molecule has 4 aromatic rings. The van der Waals surface area contributed by atoms with Crippen molar-refractivity contribution in [1.29, 1.82) is 0 Å². The molecule has 0 spiro atoms. The molecular formula is C45H55F3IrN3O2-. The fraction of sp³-hybridized carbons (Fsp3) is 0.467. The predicted molar refractivity (Wildman–Crippen MR) is 210 cm³/mol. The average Bonchev–Trinajstić information content (AvgIpc) is 3.32. The van der Waals surface area contributed by atoms with E-state index >= 15 is 0 Å². The summed E-state index contributed by atoms with van der Waals surface area (Å²) in [7, 11) is 0. The molecule has 0 amide bonds. The number of hydrogen-bond donors (Lipinski definition) is 1. The molecule has 0 aliphatic heterocycles. The van der Waals surface area contributed by atoms with Crippen LogP contribution in [0.25, 0.3) is 33.7 Å². The molecule has 5 rings (SSSR count). The zero-order chi connectivity index (χ0) is 40.2. The van der Waals surface area contributed by atoms with Crippen LogP contribution in [0, 0.1) is 23.3 Å². The third-order valence-electron chi connectivity index (χ3n) is 10.6. The third-order valence-corrected chi connectivity index (χ3v) is 10.6. The van der Waals surface area contributed by atoms with Crippen molar-refractivity contribution in [2.24, 2.45) is 17.3 Å². The molecule has 9 heteroatoms. The normalized spacial score (nSPS) is 14.6. The third kappa shape index (κ3) is 9.75. The summed E-state index contributed by atoms with van der Waals surface area (Å²) in [5.74, 6) is 1.18. The maximum Gasteiger partial charge on any atom is 0.394 e. The van der Waals surface area contributed by atoms with Crippen molar-refractivity contribution in [1.82, 2.24) is 15.0 Å². The Hall–Kier alpha value is -3.68. The second-order valence-electron chi connectivity index (χ2n) is 15.5. The Balaban J connectivity index is 0.000000433. The van der Waals surface area contributed by atoms with E-state index in [1.165, 1.54) is 37.9 Å². The van der Waals surface area contributed by atoms with E-state index in [1.54, 1.807) is 6.20 Å². The van der Waals surface area contributed by atoms with Gasteiger partial charge in [0.1, 0.15) is 0 Å². The number of halogens is 3. The minimum absolute atomic E-state index is 0. The maximum atomic E-state index is 13.4. The zero-order valence-electron chi connectivity index (χ0n) is 34.2. The summed E-state index contributed by atoms with van der Waals surface area (Å²) in [6.07, 6.45) is 4.95. The number of benzene rings is 2. The largest absolute Gasteiger partial charge is 0.512 e. The molecule has 54 heavy (non-hydrogen) atoms. The molecule has 2 aromatic carbocycles. The molecule has 1 aliphatic rings.